The second-order valence-corrected chi connectivity index (χ2v) is 5.22. The van der Waals surface area contributed by atoms with Gasteiger partial charge in [-0.05, 0) is 36.2 Å². The fraction of sp³-hybridized carbons (Fsp3) is 0.167. The summed E-state index contributed by atoms with van der Waals surface area (Å²) in [4.78, 5) is 15.2. The van der Waals surface area contributed by atoms with Crippen LogP contribution in [0.3, 0.4) is 0 Å². The van der Waals surface area contributed by atoms with Gasteiger partial charge in [0.25, 0.3) is 0 Å². The molecule has 0 spiro atoms. The Labute approximate surface area is 127 Å². The topological polar surface area (TPSA) is 42.1 Å². The Morgan fingerprint density at radius 2 is 1.91 bits per heavy atom. The molecule has 0 aliphatic carbocycles. The van der Waals surface area contributed by atoms with Crippen LogP contribution in [0.1, 0.15) is 24.2 Å². The number of benzene rings is 2. The summed E-state index contributed by atoms with van der Waals surface area (Å²) in [6.45, 7) is 1.78. The predicted molar refractivity (Wildman–Crippen MR) is 82.9 cm³/mol. The average molecular weight is 297 g/mol. The number of hydrogen-bond donors (Lipinski definition) is 1. The molecule has 0 aliphatic heterocycles. The Balaban J connectivity index is 1.68. The van der Waals surface area contributed by atoms with Crippen molar-refractivity contribution in [2.45, 2.75) is 19.4 Å². The van der Waals surface area contributed by atoms with Gasteiger partial charge in [0.05, 0.1) is 6.42 Å². The number of rotatable bonds is 4. The van der Waals surface area contributed by atoms with Crippen molar-refractivity contribution in [3.05, 3.63) is 71.7 Å². The minimum atomic E-state index is -0.404. The lowest BCUT2D eigenvalue weighted by Gasteiger charge is -2.13. The molecule has 22 heavy (non-hydrogen) atoms. The first-order chi connectivity index (χ1) is 10.6. The zero-order chi connectivity index (χ0) is 15.5. The third-order valence-corrected chi connectivity index (χ3v) is 3.66. The second kappa shape index (κ2) is 6.02. The molecule has 4 heteroatoms. The summed E-state index contributed by atoms with van der Waals surface area (Å²) < 4.78 is 18.3. The number of esters is 1. The van der Waals surface area contributed by atoms with Crippen molar-refractivity contribution in [3.63, 3.8) is 0 Å². The van der Waals surface area contributed by atoms with Crippen LogP contribution >= 0.6 is 0 Å². The van der Waals surface area contributed by atoms with Crippen LogP contribution in [0.15, 0.2) is 54.7 Å². The van der Waals surface area contributed by atoms with Crippen LogP contribution in [0.25, 0.3) is 10.9 Å². The first kappa shape index (κ1) is 14.3. The number of aromatic nitrogens is 1. The van der Waals surface area contributed by atoms with Crippen LogP contribution in [0.2, 0.25) is 0 Å². The van der Waals surface area contributed by atoms with E-state index >= 15 is 0 Å². The summed E-state index contributed by atoms with van der Waals surface area (Å²) in [5, 5.41) is 1.02. The zero-order valence-corrected chi connectivity index (χ0v) is 12.2. The molecule has 0 saturated carbocycles. The van der Waals surface area contributed by atoms with Crippen molar-refractivity contribution in [3.8, 4) is 0 Å². The molecule has 0 radical (unpaired) electrons. The molecule has 1 aromatic heterocycles. The number of para-hydroxylation sites is 1. The molecular formula is C18H16FNO2. The largest absolute Gasteiger partial charge is 0.458 e. The lowest BCUT2D eigenvalue weighted by atomic mass is 10.1. The van der Waals surface area contributed by atoms with Gasteiger partial charge in [-0.3, -0.25) is 4.79 Å². The molecule has 1 atom stereocenters. The first-order valence-corrected chi connectivity index (χ1v) is 7.13. The maximum Gasteiger partial charge on any atom is 0.310 e. The van der Waals surface area contributed by atoms with E-state index in [2.05, 4.69) is 4.98 Å². The highest BCUT2D eigenvalue weighted by Crippen LogP contribution is 2.21. The van der Waals surface area contributed by atoms with Gasteiger partial charge in [0.15, 0.2) is 0 Å². The third-order valence-electron chi connectivity index (χ3n) is 3.66. The number of H-pyrrole nitrogens is 1. The SMILES string of the molecule is C[C@H](OC(=O)Cc1c[nH]c2ccccc12)c1ccc(F)cc1. The van der Waals surface area contributed by atoms with E-state index in [-0.39, 0.29) is 18.2 Å². The monoisotopic (exact) mass is 297 g/mol. The highest BCUT2D eigenvalue weighted by atomic mass is 19.1. The molecule has 3 nitrogen and oxygen atoms in total. The summed E-state index contributed by atoms with van der Waals surface area (Å²) in [5.74, 6) is -0.609. The van der Waals surface area contributed by atoms with Crippen molar-refractivity contribution >= 4 is 16.9 Å². The normalized spacial score (nSPS) is 12.3. The lowest BCUT2D eigenvalue weighted by Crippen LogP contribution is -2.11. The second-order valence-electron chi connectivity index (χ2n) is 5.22. The number of fused-ring (bicyclic) bond motifs is 1. The molecular weight excluding hydrogens is 281 g/mol. The highest BCUT2D eigenvalue weighted by molar-refractivity contribution is 5.87. The highest BCUT2D eigenvalue weighted by Gasteiger charge is 2.14. The van der Waals surface area contributed by atoms with Crippen LogP contribution < -0.4 is 0 Å². The number of carbonyl (C=O) groups excluding carboxylic acids is 1. The van der Waals surface area contributed by atoms with Gasteiger partial charge in [0, 0.05) is 17.1 Å². The molecule has 0 fully saturated rings. The van der Waals surface area contributed by atoms with Crippen LogP contribution in [0.5, 0.6) is 0 Å². The molecule has 3 rings (SSSR count). The van der Waals surface area contributed by atoms with Crippen molar-refractivity contribution in [2.75, 3.05) is 0 Å². The molecule has 0 aliphatic rings. The summed E-state index contributed by atoms with van der Waals surface area (Å²) in [5.41, 5.74) is 2.68. The Morgan fingerprint density at radius 1 is 1.18 bits per heavy atom. The molecule has 0 amide bonds. The van der Waals surface area contributed by atoms with Gasteiger partial charge in [-0.1, -0.05) is 30.3 Å². The van der Waals surface area contributed by atoms with E-state index in [1.54, 1.807) is 19.1 Å². The zero-order valence-electron chi connectivity index (χ0n) is 12.2. The quantitative estimate of drug-likeness (QED) is 0.735. The van der Waals surface area contributed by atoms with Gasteiger partial charge >= 0.3 is 5.97 Å². The van der Waals surface area contributed by atoms with Gasteiger partial charge in [-0.15, -0.1) is 0 Å². The van der Waals surface area contributed by atoms with Gasteiger partial charge < -0.3 is 9.72 Å². The standard InChI is InChI=1S/C18H16FNO2/c1-12(13-6-8-15(19)9-7-13)22-18(21)10-14-11-20-17-5-3-2-4-16(14)17/h2-9,11-12,20H,10H2,1H3/t12-/m0/s1. The summed E-state index contributed by atoms with van der Waals surface area (Å²) >= 11 is 0. The van der Waals surface area contributed by atoms with Crippen molar-refractivity contribution < 1.29 is 13.9 Å². The molecule has 0 bridgehead atoms. The van der Waals surface area contributed by atoms with E-state index < -0.39 is 6.10 Å². The van der Waals surface area contributed by atoms with E-state index in [1.165, 1.54) is 12.1 Å². The molecule has 112 valence electrons. The average Bonchev–Trinajstić information content (AvgIpc) is 2.91. The van der Waals surface area contributed by atoms with Crippen LogP contribution in [-0.4, -0.2) is 11.0 Å². The number of halogens is 1. The van der Waals surface area contributed by atoms with E-state index in [9.17, 15) is 9.18 Å². The van der Waals surface area contributed by atoms with Crippen molar-refractivity contribution in [1.29, 1.82) is 0 Å². The minimum absolute atomic E-state index is 0.204. The summed E-state index contributed by atoms with van der Waals surface area (Å²) in [6.07, 6.45) is 1.63. The predicted octanol–water partition coefficient (Wildman–Crippen LogP) is 4.15. The number of hydrogen-bond acceptors (Lipinski definition) is 2. The third kappa shape index (κ3) is 3.01. The number of carbonyl (C=O) groups is 1. The number of nitrogens with one attached hydrogen (secondary N) is 1. The van der Waals surface area contributed by atoms with E-state index in [4.69, 9.17) is 4.74 Å². The Morgan fingerprint density at radius 3 is 2.68 bits per heavy atom. The van der Waals surface area contributed by atoms with Crippen LogP contribution in [-0.2, 0) is 16.0 Å². The first-order valence-electron chi connectivity index (χ1n) is 7.13. The van der Waals surface area contributed by atoms with E-state index in [1.807, 2.05) is 30.5 Å². The molecule has 1 heterocycles. The van der Waals surface area contributed by atoms with Gasteiger partial charge in [-0.25, -0.2) is 4.39 Å². The molecule has 0 saturated heterocycles. The fourth-order valence-corrected chi connectivity index (χ4v) is 2.47. The number of ether oxygens (including phenoxy) is 1. The smallest absolute Gasteiger partial charge is 0.310 e. The Kier molecular flexibility index (Phi) is 3.92. The molecule has 1 N–H and O–H groups in total. The Hall–Kier alpha value is -2.62. The van der Waals surface area contributed by atoms with E-state index in [0.29, 0.717) is 0 Å². The fourth-order valence-electron chi connectivity index (χ4n) is 2.47. The maximum absolute atomic E-state index is 12.9. The van der Waals surface area contributed by atoms with Crippen molar-refractivity contribution in [2.24, 2.45) is 0 Å². The van der Waals surface area contributed by atoms with Gasteiger partial charge in [-0.2, -0.15) is 0 Å². The minimum Gasteiger partial charge on any atom is -0.458 e. The van der Waals surface area contributed by atoms with Crippen molar-refractivity contribution in [1.82, 2.24) is 4.98 Å². The molecule has 2 aromatic carbocycles. The van der Waals surface area contributed by atoms with Crippen LogP contribution in [0.4, 0.5) is 4.39 Å². The van der Waals surface area contributed by atoms with Gasteiger partial charge in [0.2, 0.25) is 0 Å². The van der Waals surface area contributed by atoms with Crippen LogP contribution in [0, 0.1) is 5.82 Å². The molecule has 3 aromatic rings. The Bertz CT molecular complexity index is 792. The number of aromatic amines is 1. The molecule has 0 unspecified atom stereocenters. The summed E-state index contributed by atoms with van der Waals surface area (Å²) in [7, 11) is 0. The van der Waals surface area contributed by atoms with Gasteiger partial charge in [0.1, 0.15) is 11.9 Å². The maximum atomic E-state index is 12.9. The summed E-state index contributed by atoms with van der Waals surface area (Å²) in [6, 6.07) is 13.8. The lowest BCUT2D eigenvalue weighted by molar-refractivity contribution is -0.147. The van der Waals surface area contributed by atoms with E-state index in [0.717, 1.165) is 22.0 Å².